The maximum atomic E-state index is 13.9. The van der Waals surface area contributed by atoms with Crippen molar-refractivity contribution in [2.24, 2.45) is 0 Å². The molecule has 1 heterocycles. The van der Waals surface area contributed by atoms with E-state index in [-0.39, 0.29) is 37.7 Å². The molecule has 0 saturated carbocycles. The van der Waals surface area contributed by atoms with Crippen molar-refractivity contribution in [3.05, 3.63) is 71.9 Å². The molecule has 3 aromatic rings. The van der Waals surface area contributed by atoms with Gasteiger partial charge in [0.15, 0.2) is 11.6 Å². The highest BCUT2D eigenvalue weighted by molar-refractivity contribution is 5.89. The van der Waals surface area contributed by atoms with Crippen LogP contribution in [0.3, 0.4) is 0 Å². The minimum Gasteiger partial charge on any atom is -0.447 e. The van der Waals surface area contributed by atoms with E-state index in [1.807, 2.05) is 24.3 Å². The summed E-state index contributed by atoms with van der Waals surface area (Å²) in [6.45, 7) is -1.47. The Balaban J connectivity index is 1.59. The molecule has 4 N–H and O–H groups in total. The number of amides is 3. The van der Waals surface area contributed by atoms with Crippen LogP contribution in [0.25, 0.3) is 10.8 Å². The third kappa shape index (κ3) is 8.07. The molecule has 0 saturated heterocycles. The number of carbonyl (C=O) groups excluding carboxylic acids is 2. The Hall–Kier alpha value is -3.87. The number of carbonyl (C=O) groups is 2. The first-order valence-corrected chi connectivity index (χ1v) is 11.4. The van der Waals surface area contributed by atoms with Gasteiger partial charge >= 0.3 is 12.1 Å². The minimum atomic E-state index is -1.13. The zero-order valence-corrected chi connectivity index (χ0v) is 20.1. The number of fused-ring (bicyclic) bond motifs is 1. The van der Waals surface area contributed by atoms with E-state index in [1.54, 1.807) is 12.3 Å². The lowest BCUT2D eigenvalue weighted by Gasteiger charge is -2.28. The van der Waals surface area contributed by atoms with Gasteiger partial charge < -0.3 is 29.9 Å². The summed E-state index contributed by atoms with van der Waals surface area (Å²) in [5, 5.41) is 25.2. The third-order valence-corrected chi connectivity index (χ3v) is 5.43. The van der Waals surface area contributed by atoms with E-state index in [1.165, 1.54) is 24.1 Å². The average Bonchev–Trinajstić information content (AvgIpc) is 2.90. The van der Waals surface area contributed by atoms with Crippen molar-refractivity contribution < 1.29 is 38.1 Å². The Morgan fingerprint density at radius 1 is 1.08 bits per heavy atom. The number of aromatic nitrogens is 1. The fourth-order valence-electron chi connectivity index (χ4n) is 3.28. The standard InChI is InChI=1S/C25H28F2N4O6/c1-31(24(34)29-11-18-7-4-8-21(26)23(18)27)19(13-36-15-20(33)12-32)14-37-25(35)30-22-9-16-5-2-3-6-17(16)10-28-22/h2-10,19-20,32-33H,11-15H2,1H3,(H,29,34)(H,28,30,35)/t19-,20-/m0/s1. The number of pyridine rings is 1. The fourth-order valence-corrected chi connectivity index (χ4v) is 3.28. The van der Waals surface area contributed by atoms with E-state index in [0.29, 0.717) is 0 Å². The highest BCUT2D eigenvalue weighted by atomic mass is 19.2. The van der Waals surface area contributed by atoms with Gasteiger partial charge in [-0.3, -0.25) is 5.32 Å². The summed E-state index contributed by atoms with van der Waals surface area (Å²) < 4.78 is 37.9. The molecule has 0 aliphatic rings. The number of rotatable bonds is 11. The molecule has 0 spiro atoms. The number of benzene rings is 2. The summed E-state index contributed by atoms with van der Waals surface area (Å²) in [5.41, 5.74) is -0.0425. The lowest BCUT2D eigenvalue weighted by Crippen LogP contribution is -2.48. The zero-order valence-electron chi connectivity index (χ0n) is 20.1. The maximum Gasteiger partial charge on any atom is 0.412 e. The maximum absolute atomic E-state index is 13.9. The van der Waals surface area contributed by atoms with Crippen LogP contribution in [-0.4, -0.2) is 77.8 Å². The number of nitrogens with one attached hydrogen (secondary N) is 2. The number of aliphatic hydroxyl groups is 2. The van der Waals surface area contributed by atoms with E-state index >= 15 is 0 Å². The predicted octanol–water partition coefficient (Wildman–Crippen LogP) is 2.64. The molecule has 0 bridgehead atoms. The van der Waals surface area contributed by atoms with Gasteiger partial charge in [0.2, 0.25) is 0 Å². The number of halogens is 2. The van der Waals surface area contributed by atoms with Crippen LogP contribution in [0.15, 0.2) is 54.7 Å². The van der Waals surface area contributed by atoms with Crippen LogP contribution in [-0.2, 0) is 16.0 Å². The van der Waals surface area contributed by atoms with Crippen LogP contribution >= 0.6 is 0 Å². The van der Waals surface area contributed by atoms with Gasteiger partial charge in [0.05, 0.1) is 25.9 Å². The quantitative estimate of drug-likeness (QED) is 0.307. The molecule has 2 atom stereocenters. The second-order valence-electron chi connectivity index (χ2n) is 8.15. The van der Waals surface area contributed by atoms with Gasteiger partial charge in [-0.1, -0.05) is 36.4 Å². The molecule has 198 valence electrons. The Kier molecular flexibility index (Phi) is 10.1. The average molecular weight is 519 g/mol. The van der Waals surface area contributed by atoms with Crippen molar-refractivity contribution in [2.45, 2.75) is 18.7 Å². The number of hydrogen-bond acceptors (Lipinski definition) is 7. The van der Waals surface area contributed by atoms with E-state index in [9.17, 15) is 23.5 Å². The second-order valence-corrected chi connectivity index (χ2v) is 8.15. The molecule has 12 heteroatoms. The first-order valence-electron chi connectivity index (χ1n) is 11.4. The largest absolute Gasteiger partial charge is 0.447 e. The predicted molar refractivity (Wildman–Crippen MR) is 131 cm³/mol. The first kappa shape index (κ1) is 27.7. The number of aliphatic hydroxyl groups excluding tert-OH is 2. The molecule has 0 aliphatic carbocycles. The van der Waals surface area contributed by atoms with Gasteiger partial charge in [-0.15, -0.1) is 0 Å². The summed E-state index contributed by atoms with van der Waals surface area (Å²) >= 11 is 0. The van der Waals surface area contributed by atoms with Gasteiger partial charge in [0.25, 0.3) is 0 Å². The topological polar surface area (TPSA) is 133 Å². The van der Waals surface area contributed by atoms with Crippen LogP contribution in [0.4, 0.5) is 24.2 Å². The van der Waals surface area contributed by atoms with Gasteiger partial charge in [-0.05, 0) is 17.5 Å². The van der Waals surface area contributed by atoms with Crippen LogP contribution in [0.2, 0.25) is 0 Å². The van der Waals surface area contributed by atoms with Crippen molar-refractivity contribution >= 4 is 28.7 Å². The lowest BCUT2D eigenvalue weighted by atomic mass is 10.2. The second kappa shape index (κ2) is 13.4. The Morgan fingerprint density at radius 2 is 1.84 bits per heavy atom. The number of hydrogen-bond donors (Lipinski definition) is 4. The molecule has 2 aromatic carbocycles. The summed E-state index contributed by atoms with van der Waals surface area (Å²) in [6.07, 6.45) is -0.342. The Bertz CT molecular complexity index is 1210. The van der Waals surface area contributed by atoms with Gasteiger partial charge in [-0.2, -0.15) is 0 Å². The molecular formula is C25H28F2N4O6. The SMILES string of the molecule is CN(C(=O)NCc1cccc(F)c1F)[C@@H](COC[C@@H](O)CO)COC(=O)Nc1cc2ccccc2cn1. The van der Waals surface area contributed by atoms with Gasteiger partial charge in [-0.25, -0.2) is 23.4 Å². The van der Waals surface area contributed by atoms with Crippen molar-refractivity contribution in [1.82, 2.24) is 15.2 Å². The molecule has 0 radical (unpaired) electrons. The van der Waals surface area contributed by atoms with Crippen LogP contribution < -0.4 is 10.6 Å². The highest BCUT2D eigenvalue weighted by Gasteiger charge is 2.23. The van der Waals surface area contributed by atoms with E-state index < -0.39 is 42.5 Å². The molecule has 0 fully saturated rings. The number of urea groups is 1. The van der Waals surface area contributed by atoms with Gasteiger partial charge in [0.1, 0.15) is 18.5 Å². The lowest BCUT2D eigenvalue weighted by molar-refractivity contribution is -0.0154. The molecule has 0 unspecified atom stereocenters. The molecule has 37 heavy (non-hydrogen) atoms. The first-order chi connectivity index (χ1) is 17.8. The minimum absolute atomic E-state index is 0.0425. The third-order valence-electron chi connectivity index (χ3n) is 5.43. The Labute approximate surface area is 211 Å². The highest BCUT2D eigenvalue weighted by Crippen LogP contribution is 2.16. The van der Waals surface area contributed by atoms with Crippen molar-refractivity contribution in [2.75, 3.05) is 38.8 Å². The monoisotopic (exact) mass is 518 g/mol. The van der Waals surface area contributed by atoms with Crippen molar-refractivity contribution in [1.29, 1.82) is 0 Å². The smallest absolute Gasteiger partial charge is 0.412 e. The summed E-state index contributed by atoms with van der Waals surface area (Å²) in [7, 11) is 1.40. The van der Waals surface area contributed by atoms with Crippen LogP contribution in [0.5, 0.6) is 0 Å². The molecule has 1 aromatic heterocycles. The van der Waals surface area contributed by atoms with Crippen LogP contribution in [0.1, 0.15) is 5.56 Å². The van der Waals surface area contributed by atoms with Crippen LogP contribution in [0, 0.1) is 11.6 Å². The fraction of sp³-hybridized carbons (Fsp3) is 0.320. The number of anilines is 1. The number of likely N-dealkylation sites (N-methyl/N-ethyl adjacent to an activating group) is 1. The molecule has 3 rings (SSSR count). The number of ether oxygens (including phenoxy) is 2. The number of nitrogens with zero attached hydrogens (tertiary/aromatic N) is 2. The van der Waals surface area contributed by atoms with E-state index in [0.717, 1.165) is 16.8 Å². The molecule has 0 aliphatic heterocycles. The summed E-state index contributed by atoms with van der Waals surface area (Å²) in [4.78, 5) is 30.4. The van der Waals surface area contributed by atoms with Crippen molar-refractivity contribution in [3.63, 3.8) is 0 Å². The van der Waals surface area contributed by atoms with Crippen molar-refractivity contribution in [3.8, 4) is 0 Å². The molecule has 3 amide bonds. The Morgan fingerprint density at radius 3 is 2.59 bits per heavy atom. The van der Waals surface area contributed by atoms with E-state index in [4.69, 9.17) is 14.6 Å². The summed E-state index contributed by atoms with van der Waals surface area (Å²) in [6, 6.07) is 11.3. The van der Waals surface area contributed by atoms with Gasteiger partial charge in [0, 0.05) is 30.7 Å². The molecule has 10 nitrogen and oxygen atoms in total. The zero-order chi connectivity index (χ0) is 26.8. The normalized spacial score (nSPS) is 12.6. The molecular weight excluding hydrogens is 490 g/mol. The summed E-state index contributed by atoms with van der Waals surface area (Å²) in [5.74, 6) is -1.83. The van der Waals surface area contributed by atoms with E-state index in [2.05, 4.69) is 15.6 Å².